The molecule has 0 saturated carbocycles. The van der Waals surface area contributed by atoms with Crippen LogP contribution in [0.5, 0.6) is 0 Å². The average Bonchev–Trinajstić information content (AvgIpc) is 2.87. The van der Waals surface area contributed by atoms with E-state index in [0.29, 0.717) is 6.04 Å². The SMILES string of the molecule is CCC1CN2CCC1CC2C(NC(=O)C(C)(C)c1ccccc1)c1ccnc2ccccc12. The summed E-state index contributed by atoms with van der Waals surface area (Å²) in [6, 6.07) is 20.8. The Morgan fingerprint density at radius 3 is 2.61 bits per heavy atom. The fourth-order valence-electron chi connectivity index (χ4n) is 6.07. The quantitative estimate of drug-likeness (QED) is 0.550. The number of amides is 1. The predicted octanol–water partition coefficient (Wildman–Crippen LogP) is 5.49. The Bertz CT molecular complexity index is 1120. The average molecular weight is 442 g/mol. The number of piperidine rings is 3. The fraction of sp³-hybridized carbons (Fsp3) is 0.448. The maximum absolute atomic E-state index is 13.8. The van der Waals surface area contributed by atoms with Gasteiger partial charge >= 0.3 is 0 Å². The van der Waals surface area contributed by atoms with Crippen molar-refractivity contribution in [1.82, 2.24) is 15.2 Å². The zero-order valence-electron chi connectivity index (χ0n) is 20.0. The van der Waals surface area contributed by atoms with Crippen molar-refractivity contribution in [2.24, 2.45) is 11.8 Å². The number of nitrogens with one attached hydrogen (secondary N) is 1. The number of carbonyl (C=O) groups is 1. The maximum Gasteiger partial charge on any atom is 0.230 e. The van der Waals surface area contributed by atoms with E-state index < -0.39 is 5.41 Å². The molecule has 5 unspecified atom stereocenters. The van der Waals surface area contributed by atoms with Crippen LogP contribution in [0.4, 0.5) is 0 Å². The summed E-state index contributed by atoms with van der Waals surface area (Å²) in [6.45, 7) is 8.64. The van der Waals surface area contributed by atoms with E-state index >= 15 is 0 Å². The van der Waals surface area contributed by atoms with E-state index in [9.17, 15) is 4.79 Å². The lowest BCUT2D eigenvalue weighted by atomic mass is 9.72. The molecule has 33 heavy (non-hydrogen) atoms. The lowest BCUT2D eigenvalue weighted by Crippen LogP contribution is -2.58. The Kier molecular flexibility index (Phi) is 5.96. The summed E-state index contributed by atoms with van der Waals surface area (Å²) in [7, 11) is 0. The van der Waals surface area contributed by atoms with Gasteiger partial charge in [0.25, 0.3) is 0 Å². The van der Waals surface area contributed by atoms with E-state index in [-0.39, 0.29) is 11.9 Å². The Labute approximate surface area is 197 Å². The van der Waals surface area contributed by atoms with Crippen LogP contribution in [0.2, 0.25) is 0 Å². The standard InChI is InChI=1S/C29H35N3O/c1-4-20-19-32-17-15-21(20)18-26(32)27(24-14-16-30-25-13-9-8-12-23(24)25)31-28(33)29(2,3)22-10-6-5-7-11-22/h5-14,16,20-21,26-27H,4,15,17-19H2,1-3H3,(H,31,33). The first-order valence-electron chi connectivity index (χ1n) is 12.4. The second-order valence-electron chi connectivity index (χ2n) is 10.4. The zero-order chi connectivity index (χ0) is 23.0. The van der Waals surface area contributed by atoms with Crippen molar-refractivity contribution in [2.75, 3.05) is 13.1 Å². The third kappa shape index (κ3) is 4.06. The number of hydrogen-bond donors (Lipinski definition) is 1. The van der Waals surface area contributed by atoms with E-state index in [4.69, 9.17) is 0 Å². The molecule has 3 aromatic rings. The molecule has 2 bridgehead atoms. The summed E-state index contributed by atoms with van der Waals surface area (Å²) in [5.41, 5.74) is 2.59. The number of pyridine rings is 1. The molecule has 5 atom stereocenters. The molecular weight excluding hydrogens is 406 g/mol. The van der Waals surface area contributed by atoms with Crippen molar-refractivity contribution < 1.29 is 4.79 Å². The van der Waals surface area contributed by atoms with E-state index in [1.165, 1.54) is 18.4 Å². The third-order valence-electron chi connectivity index (χ3n) is 8.21. The normalized spacial score (nSPS) is 25.7. The number of hydrogen-bond acceptors (Lipinski definition) is 3. The Morgan fingerprint density at radius 2 is 1.88 bits per heavy atom. The van der Waals surface area contributed by atoms with Crippen LogP contribution in [0.1, 0.15) is 57.2 Å². The molecule has 1 aromatic heterocycles. The third-order valence-corrected chi connectivity index (χ3v) is 8.21. The highest BCUT2D eigenvalue weighted by atomic mass is 16.2. The first kappa shape index (κ1) is 22.1. The lowest BCUT2D eigenvalue weighted by molar-refractivity contribution is -0.127. The molecule has 4 heterocycles. The van der Waals surface area contributed by atoms with Crippen LogP contribution in [0.15, 0.2) is 66.9 Å². The van der Waals surface area contributed by atoms with Gasteiger partial charge in [0.1, 0.15) is 0 Å². The Hall–Kier alpha value is -2.72. The molecule has 4 nitrogen and oxygen atoms in total. The molecule has 3 fully saturated rings. The van der Waals surface area contributed by atoms with Crippen molar-refractivity contribution in [3.8, 4) is 0 Å². The molecule has 0 radical (unpaired) electrons. The highest BCUT2D eigenvalue weighted by molar-refractivity contribution is 5.89. The Balaban J connectivity index is 1.53. The molecule has 2 aromatic carbocycles. The predicted molar refractivity (Wildman–Crippen MR) is 134 cm³/mol. The van der Waals surface area contributed by atoms with Crippen LogP contribution in [0.25, 0.3) is 10.9 Å². The molecule has 172 valence electrons. The topological polar surface area (TPSA) is 45.2 Å². The van der Waals surface area contributed by atoms with Gasteiger partial charge in [-0.05, 0) is 68.3 Å². The van der Waals surface area contributed by atoms with Gasteiger partial charge in [0.15, 0.2) is 0 Å². The van der Waals surface area contributed by atoms with Gasteiger partial charge in [0.05, 0.1) is 17.0 Å². The fourth-order valence-corrected chi connectivity index (χ4v) is 6.07. The number of para-hydroxylation sites is 1. The van der Waals surface area contributed by atoms with Gasteiger partial charge in [-0.1, -0.05) is 61.9 Å². The number of rotatable bonds is 6. The van der Waals surface area contributed by atoms with Gasteiger partial charge in [-0.2, -0.15) is 0 Å². The van der Waals surface area contributed by atoms with Crippen molar-refractivity contribution in [3.63, 3.8) is 0 Å². The maximum atomic E-state index is 13.8. The van der Waals surface area contributed by atoms with Crippen molar-refractivity contribution >= 4 is 16.8 Å². The van der Waals surface area contributed by atoms with Crippen LogP contribution in [0.3, 0.4) is 0 Å². The highest BCUT2D eigenvalue weighted by Gasteiger charge is 2.44. The smallest absolute Gasteiger partial charge is 0.230 e. The molecule has 1 amide bonds. The molecule has 0 spiro atoms. The first-order chi connectivity index (χ1) is 16.0. The summed E-state index contributed by atoms with van der Waals surface area (Å²) in [4.78, 5) is 21.0. The van der Waals surface area contributed by atoms with Crippen LogP contribution in [0, 0.1) is 11.8 Å². The van der Waals surface area contributed by atoms with E-state index in [0.717, 1.165) is 47.8 Å². The van der Waals surface area contributed by atoms with E-state index in [2.05, 4.69) is 46.4 Å². The number of nitrogens with zero attached hydrogens (tertiary/aromatic N) is 2. The van der Waals surface area contributed by atoms with Crippen LogP contribution >= 0.6 is 0 Å². The van der Waals surface area contributed by atoms with Crippen molar-refractivity contribution in [2.45, 2.75) is 57.5 Å². The van der Waals surface area contributed by atoms with E-state index in [1.807, 2.05) is 56.4 Å². The summed E-state index contributed by atoms with van der Waals surface area (Å²) in [6.07, 6.45) is 5.56. The lowest BCUT2D eigenvalue weighted by Gasteiger charge is -2.52. The summed E-state index contributed by atoms with van der Waals surface area (Å²) < 4.78 is 0. The van der Waals surface area contributed by atoms with Crippen molar-refractivity contribution in [3.05, 3.63) is 78.0 Å². The summed E-state index contributed by atoms with van der Waals surface area (Å²) >= 11 is 0. The number of fused-ring (bicyclic) bond motifs is 4. The first-order valence-corrected chi connectivity index (χ1v) is 12.4. The van der Waals surface area contributed by atoms with Gasteiger partial charge in [-0.15, -0.1) is 0 Å². The van der Waals surface area contributed by atoms with Gasteiger partial charge in [-0.3, -0.25) is 14.7 Å². The minimum absolute atomic E-state index is 0.0611. The molecule has 3 aliphatic heterocycles. The number of benzene rings is 2. The molecule has 0 aliphatic carbocycles. The number of aromatic nitrogens is 1. The Morgan fingerprint density at radius 1 is 1.12 bits per heavy atom. The highest BCUT2D eigenvalue weighted by Crippen LogP contribution is 2.43. The van der Waals surface area contributed by atoms with Gasteiger partial charge in [0, 0.05) is 24.2 Å². The second-order valence-corrected chi connectivity index (χ2v) is 10.4. The van der Waals surface area contributed by atoms with Crippen LogP contribution in [-0.2, 0) is 10.2 Å². The molecule has 6 rings (SSSR count). The zero-order valence-corrected chi connectivity index (χ0v) is 20.0. The minimum Gasteiger partial charge on any atom is -0.347 e. The van der Waals surface area contributed by atoms with Crippen molar-refractivity contribution in [1.29, 1.82) is 0 Å². The molecule has 3 aliphatic rings. The second kappa shape index (κ2) is 8.90. The van der Waals surface area contributed by atoms with Crippen LogP contribution in [-0.4, -0.2) is 34.9 Å². The number of carbonyl (C=O) groups excluding carboxylic acids is 1. The summed E-state index contributed by atoms with van der Waals surface area (Å²) in [5, 5.41) is 4.68. The van der Waals surface area contributed by atoms with Crippen LogP contribution < -0.4 is 5.32 Å². The van der Waals surface area contributed by atoms with E-state index in [1.54, 1.807) is 0 Å². The molecule has 4 heteroatoms. The minimum atomic E-state index is -0.614. The summed E-state index contributed by atoms with van der Waals surface area (Å²) in [5.74, 6) is 1.61. The van der Waals surface area contributed by atoms with Gasteiger partial charge in [0.2, 0.25) is 5.91 Å². The van der Waals surface area contributed by atoms with Gasteiger partial charge in [-0.25, -0.2) is 0 Å². The molecule has 1 N–H and O–H groups in total. The molecular formula is C29H35N3O. The molecule has 3 saturated heterocycles. The largest absolute Gasteiger partial charge is 0.347 e. The van der Waals surface area contributed by atoms with Gasteiger partial charge < -0.3 is 5.32 Å². The monoisotopic (exact) mass is 441 g/mol.